The number of hydrogen-bond donors (Lipinski definition) is 0. The summed E-state index contributed by atoms with van der Waals surface area (Å²) >= 11 is 0. The molecular weight excluding hydrogens is 893 g/mol. The fraction of sp³-hybridized carbons (Fsp3) is 0.0278. The van der Waals surface area contributed by atoms with Crippen molar-refractivity contribution in [1.29, 1.82) is 0 Å². The van der Waals surface area contributed by atoms with Gasteiger partial charge in [0.05, 0.1) is 10.8 Å². The summed E-state index contributed by atoms with van der Waals surface area (Å²) < 4.78 is 0. The maximum atomic E-state index is 2.54. The summed E-state index contributed by atoms with van der Waals surface area (Å²) in [7, 11) is 0. The molecule has 0 saturated carbocycles. The van der Waals surface area contributed by atoms with Crippen LogP contribution in [-0.4, -0.2) is 0 Å². The van der Waals surface area contributed by atoms with E-state index in [-0.39, 0.29) is 0 Å². The Kier molecular flexibility index (Phi) is 9.43. The van der Waals surface area contributed by atoms with E-state index >= 15 is 0 Å². The first-order chi connectivity index (χ1) is 36.7. The van der Waals surface area contributed by atoms with E-state index in [1.165, 1.54) is 87.6 Å². The van der Waals surface area contributed by atoms with Crippen LogP contribution in [0.1, 0.15) is 44.5 Å². The van der Waals surface area contributed by atoms with E-state index in [0.29, 0.717) is 0 Å². The number of benzene rings is 13. The van der Waals surface area contributed by atoms with Crippen LogP contribution in [0.4, 0.5) is 34.1 Å². The fourth-order valence-corrected chi connectivity index (χ4v) is 13.1. The number of hydrogen-bond acceptors (Lipinski definition) is 2. The van der Waals surface area contributed by atoms with Crippen LogP contribution in [0.3, 0.4) is 0 Å². The van der Waals surface area contributed by atoms with Crippen LogP contribution in [0, 0.1) is 0 Å². The van der Waals surface area contributed by atoms with Crippen LogP contribution in [0.15, 0.2) is 291 Å². The number of anilines is 6. The van der Waals surface area contributed by atoms with Gasteiger partial charge in [0.25, 0.3) is 0 Å². The average Bonchev–Trinajstić information content (AvgIpc) is 3.50. The number of fused-ring (bicyclic) bond motifs is 4. The van der Waals surface area contributed by atoms with Crippen molar-refractivity contribution in [1.82, 2.24) is 0 Å². The van der Waals surface area contributed by atoms with Gasteiger partial charge in [-0.15, -0.1) is 0 Å². The predicted molar refractivity (Wildman–Crippen MR) is 310 cm³/mol. The third kappa shape index (κ3) is 6.18. The lowest BCUT2D eigenvalue weighted by Gasteiger charge is -2.57. The standard InChI is InChI=1S/C72H48N2/c1-3-25-57(26-4-1)71-65-29-15-16-30-66(65)72(58-27-5-2-6-28-58,68-42-40-63(47-69(68)71)73(59-35-31-49-17-7-11-21-53(49)43-59)60-36-32-50-18-8-12-22-54(50)44-60)70-48-64(39-41-67(70)71)74(61-37-33-51-19-9-13-23-55(51)45-61)62-38-34-52-20-10-14-24-56(52)46-62/h1-48H. The van der Waals surface area contributed by atoms with E-state index in [1.807, 2.05) is 0 Å². The van der Waals surface area contributed by atoms with E-state index in [1.54, 1.807) is 0 Å². The van der Waals surface area contributed by atoms with Gasteiger partial charge in [-0.25, -0.2) is 0 Å². The minimum Gasteiger partial charge on any atom is -0.310 e. The third-order valence-corrected chi connectivity index (χ3v) is 16.3. The molecular formula is C72H48N2. The van der Waals surface area contributed by atoms with Crippen LogP contribution in [-0.2, 0) is 10.8 Å². The molecule has 346 valence electrons. The Morgan fingerprint density at radius 1 is 0.176 bits per heavy atom. The highest BCUT2D eigenvalue weighted by Crippen LogP contribution is 2.67. The molecule has 2 nitrogen and oxygen atoms in total. The number of nitrogens with zero attached hydrogens (tertiary/aromatic N) is 2. The highest BCUT2D eigenvalue weighted by molar-refractivity contribution is 5.96. The van der Waals surface area contributed by atoms with E-state index in [4.69, 9.17) is 0 Å². The molecule has 0 aromatic heterocycles. The Hall–Kier alpha value is -9.50. The van der Waals surface area contributed by atoms with Crippen molar-refractivity contribution >= 4 is 77.2 Å². The van der Waals surface area contributed by atoms with Gasteiger partial charge in [-0.1, -0.05) is 218 Å². The van der Waals surface area contributed by atoms with Crippen molar-refractivity contribution in [2.75, 3.05) is 9.80 Å². The molecule has 13 aromatic carbocycles. The SMILES string of the molecule is c1ccc(C23c4ccccc4C(c4ccccc4)(c4ccc(N(c5ccc6ccccc6c5)c5ccc6ccccc6c5)cc42)c2cc(N(c4ccc5ccccc5c4)c4ccc5ccccc5c4)ccc23)cc1. The van der Waals surface area contributed by atoms with Crippen LogP contribution in [0.5, 0.6) is 0 Å². The maximum absolute atomic E-state index is 2.54. The first-order valence-electron chi connectivity index (χ1n) is 25.7. The van der Waals surface area contributed by atoms with E-state index < -0.39 is 10.8 Å². The molecule has 2 heteroatoms. The van der Waals surface area contributed by atoms with E-state index in [2.05, 4.69) is 301 Å². The summed E-state index contributed by atoms with van der Waals surface area (Å²) in [6.45, 7) is 0. The van der Waals surface area contributed by atoms with Gasteiger partial charge < -0.3 is 9.80 Å². The Balaban J connectivity index is 1.03. The van der Waals surface area contributed by atoms with Crippen LogP contribution in [0.2, 0.25) is 0 Å². The quantitative estimate of drug-likeness (QED) is 0.150. The van der Waals surface area contributed by atoms with Crippen LogP contribution >= 0.6 is 0 Å². The first kappa shape index (κ1) is 42.2. The average molecular weight is 941 g/mol. The van der Waals surface area contributed by atoms with Gasteiger partial charge in [0.1, 0.15) is 0 Å². The molecule has 3 aliphatic carbocycles. The molecule has 2 bridgehead atoms. The molecule has 0 radical (unpaired) electrons. The minimum atomic E-state index is -0.678. The summed E-state index contributed by atoms with van der Waals surface area (Å²) in [5.74, 6) is 0. The van der Waals surface area contributed by atoms with E-state index in [0.717, 1.165) is 34.1 Å². The number of rotatable bonds is 8. The molecule has 0 heterocycles. The highest BCUT2D eigenvalue weighted by Gasteiger charge is 2.60. The zero-order valence-electron chi connectivity index (χ0n) is 40.6. The van der Waals surface area contributed by atoms with Gasteiger partial charge in [0.15, 0.2) is 0 Å². The van der Waals surface area contributed by atoms with Gasteiger partial charge in [0.2, 0.25) is 0 Å². The molecule has 0 fully saturated rings. The minimum absolute atomic E-state index is 0.678. The fourth-order valence-electron chi connectivity index (χ4n) is 13.1. The second-order valence-corrected chi connectivity index (χ2v) is 20.0. The second-order valence-electron chi connectivity index (χ2n) is 20.0. The lowest BCUT2D eigenvalue weighted by Crippen LogP contribution is -2.52. The Morgan fingerprint density at radius 2 is 0.419 bits per heavy atom. The topological polar surface area (TPSA) is 6.48 Å². The third-order valence-electron chi connectivity index (χ3n) is 16.3. The zero-order chi connectivity index (χ0) is 48.8. The summed E-state index contributed by atoms with van der Waals surface area (Å²) in [6.07, 6.45) is 0. The zero-order valence-corrected chi connectivity index (χ0v) is 40.6. The lowest BCUT2D eigenvalue weighted by atomic mass is 9.44. The monoisotopic (exact) mass is 940 g/mol. The van der Waals surface area contributed by atoms with Crippen molar-refractivity contribution in [3.8, 4) is 0 Å². The Labute approximate surface area is 431 Å². The second kappa shape index (κ2) is 16.5. The molecule has 3 aliphatic rings. The molecule has 16 rings (SSSR count). The predicted octanol–water partition coefficient (Wildman–Crippen LogP) is 18.6. The van der Waals surface area contributed by atoms with Crippen molar-refractivity contribution in [2.45, 2.75) is 10.8 Å². The maximum Gasteiger partial charge on any atom is 0.0712 e. The van der Waals surface area contributed by atoms with Gasteiger partial charge in [-0.3, -0.25) is 0 Å². The molecule has 0 amide bonds. The molecule has 74 heavy (non-hydrogen) atoms. The largest absolute Gasteiger partial charge is 0.310 e. The van der Waals surface area contributed by atoms with Gasteiger partial charge in [-0.05, 0) is 160 Å². The van der Waals surface area contributed by atoms with Crippen molar-refractivity contribution in [3.63, 3.8) is 0 Å². The summed E-state index contributed by atoms with van der Waals surface area (Å²) in [5, 5.41) is 9.70. The smallest absolute Gasteiger partial charge is 0.0712 e. The molecule has 13 aromatic rings. The van der Waals surface area contributed by atoms with Crippen LogP contribution in [0.25, 0.3) is 43.1 Å². The molecule has 0 N–H and O–H groups in total. The summed E-state index contributed by atoms with van der Waals surface area (Å²) in [5.41, 5.74) is 15.6. The molecule has 0 saturated heterocycles. The normalized spacial score (nSPS) is 16.2. The Bertz CT molecular complexity index is 3910. The molecule has 2 unspecified atom stereocenters. The highest BCUT2D eigenvalue weighted by atomic mass is 15.1. The van der Waals surface area contributed by atoms with Crippen molar-refractivity contribution in [3.05, 3.63) is 336 Å². The van der Waals surface area contributed by atoms with Gasteiger partial charge >= 0.3 is 0 Å². The molecule has 0 aliphatic heterocycles. The lowest BCUT2D eigenvalue weighted by molar-refractivity contribution is 0.557. The van der Waals surface area contributed by atoms with Gasteiger partial charge in [0, 0.05) is 34.1 Å². The van der Waals surface area contributed by atoms with Crippen molar-refractivity contribution < 1.29 is 0 Å². The van der Waals surface area contributed by atoms with Crippen molar-refractivity contribution in [2.24, 2.45) is 0 Å². The first-order valence-corrected chi connectivity index (χ1v) is 25.7. The summed E-state index contributed by atoms with van der Waals surface area (Å²) in [6, 6.07) is 109. The molecule has 2 atom stereocenters. The van der Waals surface area contributed by atoms with Crippen LogP contribution < -0.4 is 9.80 Å². The molecule has 0 spiro atoms. The van der Waals surface area contributed by atoms with E-state index in [9.17, 15) is 0 Å². The summed E-state index contributed by atoms with van der Waals surface area (Å²) in [4.78, 5) is 4.94. The van der Waals surface area contributed by atoms with Gasteiger partial charge in [-0.2, -0.15) is 0 Å². The Morgan fingerprint density at radius 3 is 0.743 bits per heavy atom.